The lowest BCUT2D eigenvalue weighted by atomic mass is 10.1. The average molecular weight is 271 g/mol. The quantitative estimate of drug-likeness (QED) is 0.828. The van der Waals surface area contributed by atoms with Crippen LogP contribution in [-0.2, 0) is 5.75 Å². The van der Waals surface area contributed by atoms with E-state index in [0.717, 1.165) is 23.6 Å². The van der Waals surface area contributed by atoms with Gasteiger partial charge in [-0.3, -0.25) is 0 Å². The van der Waals surface area contributed by atoms with Crippen molar-refractivity contribution >= 4 is 23.4 Å². The highest BCUT2D eigenvalue weighted by Crippen LogP contribution is 2.30. The van der Waals surface area contributed by atoms with Gasteiger partial charge in [0.05, 0.1) is 6.10 Å². The molecule has 94 valence electrons. The molecule has 0 bridgehead atoms. The second kappa shape index (κ2) is 6.67. The van der Waals surface area contributed by atoms with Crippen LogP contribution >= 0.6 is 23.4 Å². The fourth-order valence-electron chi connectivity index (χ4n) is 2.23. The maximum absolute atomic E-state index is 10.0. The molecule has 1 aromatic carbocycles. The van der Waals surface area contributed by atoms with Crippen LogP contribution in [0, 0.1) is 0 Å². The largest absolute Gasteiger partial charge is 0.392 e. The van der Waals surface area contributed by atoms with Gasteiger partial charge in [-0.05, 0) is 30.5 Å². The van der Waals surface area contributed by atoms with E-state index in [9.17, 15) is 5.11 Å². The summed E-state index contributed by atoms with van der Waals surface area (Å²) in [6.45, 7) is 0. The summed E-state index contributed by atoms with van der Waals surface area (Å²) in [5.41, 5.74) is 1.29. The summed E-state index contributed by atoms with van der Waals surface area (Å²) in [4.78, 5) is 0. The highest BCUT2D eigenvalue weighted by molar-refractivity contribution is 7.99. The average Bonchev–Trinajstić information content (AvgIpc) is 2.54. The molecule has 1 aromatic rings. The van der Waals surface area contributed by atoms with Gasteiger partial charge in [-0.1, -0.05) is 43.0 Å². The SMILES string of the molecule is OC1CCCCCC1SCc1ccc(Cl)cc1. The molecular formula is C14H19ClOS. The Kier molecular flexibility index (Phi) is 5.20. The summed E-state index contributed by atoms with van der Waals surface area (Å²) >= 11 is 7.74. The van der Waals surface area contributed by atoms with Crippen molar-refractivity contribution in [2.75, 3.05) is 0 Å². The van der Waals surface area contributed by atoms with E-state index in [1.165, 1.54) is 24.8 Å². The fraction of sp³-hybridized carbons (Fsp3) is 0.571. The van der Waals surface area contributed by atoms with Gasteiger partial charge in [-0.2, -0.15) is 11.8 Å². The lowest BCUT2D eigenvalue weighted by Gasteiger charge is -2.19. The van der Waals surface area contributed by atoms with E-state index in [1.54, 1.807) is 0 Å². The Hall–Kier alpha value is -0.180. The van der Waals surface area contributed by atoms with Gasteiger partial charge >= 0.3 is 0 Å². The van der Waals surface area contributed by atoms with Crippen molar-refractivity contribution in [3.63, 3.8) is 0 Å². The molecule has 0 aromatic heterocycles. The van der Waals surface area contributed by atoms with Crippen molar-refractivity contribution in [1.29, 1.82) is 0 Å². The number of aliphatic hydroxyl groups excluding tert-OH is 1. The molecule has 2 rings (SSSR count). The summed E-state index contributed by atoms with van der Waals surface area (Å²) in [5, 5.41) is 11.2. The topological polar surface area (TPSA) is 20.2 Å². The second-order valence-electron chi connectivity index (χ2n) is 4.68. The van der Waals surface area contributed by atoms with Crippen LogP contribution in [0.2, 0.25) is 5.02 Å². The molecule has 1 saturated carbocycles. The number of aliphatic hydroxyl groups is 1. The molecule has 1 nitrogen and oxygen atoms in total. The lowest BCUT2D eigenvalue weighted by Crippen LogP contribution is -2.21. The first-order valence-electron chi connectivity index (χ1n) is 6.30. The van der Waals surface area contributed by atoms with Crippen LogP contribution in [0.25, 0.3) is 0 Å². The molecule has 2 unspecified atom stereocenters. The molecule has 2 atom stereocenters. The Labute approximate surface area is 113 Å². The summed E-state index contributed by atoms with van der Waals surface area (Å²) in [7, 11) is 0. The summed E-state index contributed by atoms with van der Waals surface area (Å²) in [5.74, 6) is 0.971. The van der Waals surface area contributed by atoms with Crippen molar-refractivity contribution in [2.45, 2.75) is 49.2 Å². The van der Waals surface area contributed by atoms with E-state index in [0.29, 0.717) is 5.25 Å². The van der Waals surface area contributed by atoms with Crippen LogP contribution in [0.15, 0.2) is 24.3 Å². The van der Waals surface area contributed by atoms with E-state index in [4.69, 9.17) is 11.6 Å². The van der Waals surface area contributed by atoms with E-state index in [2.05, 4.69) is 12.1 Å². The Morgan fingerprint density at radius 1 is 1.12 bits per heavy atom. The zero-order valence-electron chi connectivity index (χ0n) is 9.94. The van der Waals surface area contributed by atoms with Gasteiger partial charge in [-0.15, -0.1) is 0 Å². The number of hydrogen-bond acceptors (Lipinski definition) is 2. The van der Waals surface area contributed by atoms with Crippen LogP contribution in [0.5, 0.6) is 0 Å². The van der Waals surface area contributed by atoms with Crippen molar-refractivity contribution in [3.05, 3.63) is 34.9 Å². The summed E-state index contributed by atoms with van der Waals surface area (Å²) < 4.78 is 0. The minimum atomic E-state index is -0.116. The molecule has 1 fully saturated rings. The first-order valence-corrected chi connectivity index (χ1v) is 7.72. The Bertz CT molecular complexity index is 339. The molecule has 1 aliphatic carbocycles. The first-order chi connectivity index (χ1) is 8.25. The minimum Gasteiger partial charge on any atom is -0.392 e. The minimum absolute atomic E-state index is 0.116. The Balaban J connectivity index is 1.85. The second-order valence-corrected chi connectivity index (χ2v) is 6.35. The molecule has 0 radical (unpaired) electrons. The van der Waals surface area contributed by atoms with Crippen LogP contribution in [0.4, 0.5) is 0 Å². The van der Waals surface area contributed by atoms with E-state index in [1.807, 2.05) is 23.9 Å². The van der Waals surface area contributed by atoms with E-state index >= 15 is 0 Å². The summed E-state index contributed by atoms with van der Waals surface area (Å²) in [6.07, 6.45) is 5.72. The highest BCUT2D eigenvalue weighted by atomic mass is 35.5. The maximum atomic E-state index is 10.0. The number of halogens is 1. The third kappa shape index (κ3) is 4.20. The Morgan fingerprint density at radius 2 is 1.82 bits per heavy atom. The summed E-state index contributed by atoms with van der Waals surface area (Å²) in [6, 6.07) is 8.00. The van der Waals surface area contributed by atoms with Crippen LogP contribution in [0.1, 0.15) is 37.7 Å². The zero-order chi connectivity index (χ0) is 12.1. The van der Waals surface area contributed by atoms with Crippen molar-refractivity contribution in [3.8, 4) is 0 Å². The molecule has 0 heterocycles. The number of rotatable bonds is 3. The number of thioether (sulfide) groups is 1. The van der Waals surface area contributed by atoms with E-state index in [-0.39, 0.29) is 6.10 Å². The lowest BCUT2D eigenvalue weighted by molar-refractivity contribution is 0.163. The van der Waals surface area contributed by atoms with E-state index < -0.39 is 0 Å². The van der Waals surface area contributed by atoms with Crippen molar-refractivity contribution < 1.29 is 5.11 Å². The van der Waals surface area contributed by atoms with Gasteiger partial charge < -0.3 is 5.11 Å². The third-order valence-electron chi connectivity index (χ3n) is 3.30. The third-order valence-corrected chi connectivity index (χ3v) is 5.03. The van der Waals surface area contributed by atoms with Crippen molar-refractivity contribution in [1.82, 2.24) is 0 Å². The van der Waals surface area contributed by atoms with Crippen LogP contribution in [0.3, 0.4) is 0 Å². The molecule has 1 aliphatic rings. The normalized spacial score (nSPS) is 25.5. The molecule has 3 heteroatoms. The highest BCUT2D eigenvalue weighted by Gasteiger charge is 2.21. The fourth-order valence-corrected chi connectivity index (χ4v) is 3.65. The predicted molar refractivity (Wildman–Crippen MR) is 75.6 cm³/mol. The number of benzene rings is 1. The Morgan fingerprint density at radius 3 is 2.59 bits per heavy atom. The van der Waals surface area contributed by atoms with Crippen LogP contribution in [-0.4, -0.2) is 16.5 Å². The van der Waals surface area contributed by atoms with Crippen LogP contribution < -0.4 is 0 Å². The molecular weight excluding hydrogens is 252 g/mol. The van der Waals surface area contributed by atoms with Crippen molar-refractivity contribution in [2.24, 2.45) is 0 Å². The molecule has 17 heavy (non-hydrogen) atoms. The monoisotopic (exact) mass is 270 g/mol. The van der Waals surface area contributed by atoms with Gasteiger partial charge in [0.2, 0.25) is 0 Å². The molecule has 0 saturated heterocycles. The standard InChI is InChI=1S/C14H19ClOS/c15-12-8-6-11(7-9-12)10-17-14-5-3-1-2-4-13(14)16/h6-9,13-14,16H,1-5,10H2. The van der Waals surface area contributed by atoms with Gasteiger partial charge in [0.1, 0.15) is 0 Å². The maximum Gasteiger partial charge on any atom is 0.0658 e. The molecule has 0 spiro atoms. The zero-order valence-corrected chi connectivity index (χ0v) is 11.5. The van der Waals surface area contributed by atoms with Gasteiger partial charge in [0.25, 0.3) is 0 Å². The number of hydrogen-bond donors (Lipinski definition) is 1. The van der Waals surface area contributed by atoms with Gasteiger partial charge in [-0.25, -0.2) is 0 Å². The first kappa shape index (κ1) is 13.3. The molecule has 0 amide bonds. The predicted octanol–water partition coefficient (Wildman–Crippen LogP) is 4.27. The molecule has 0 aliphatic heterocycles. The van der Waals surface area contributed by atoms with Gasteiger partial charge in [0.15, 0.2) is 0 Å². The molecule has 1 N–H and O–H groups in total. The van der Waals surface area contributed by atoms with Gasteiger partial charge in [0, 0.05) is 16.0 Å². The smallest absolute Gasteiger partial charge is 0.0658 e.